The Bertz CT molecular complexity index is 496. The van der Waals surface area contributed by atoms with Gasteiger partial charge in [0.15, 0.2) is 6.39 Å². The minimum absolute atomic E-state index is 0.104. The number of nitro groups is 1. The van der Waals surface area contributed by atoms with Crippen molar-refractivity contribution < 1.29 is 9.34 Å². The Kier molecular flexibility index (Phi) is 2.39. The predicted molar refractivity (Wildman–Crippen MR) is 53.6 cm³/mol. The maximum Gasteiger partial charge on any atom is 0.288 e. The van der Waals surface area contributed by atoms with E-state index in [2.05, 4.69) is 4.98 Å². The molecule has 0 aliphatic carbocycles. The predicted octanol–water partition coefficient (Wildman–Crippen LogP) is 2.90. The summed E-state index contributed by atoms with van der Waals surface area (Å²) in [5.41, 5.74) is 0.992. The fourth-order valence-electron chi connectivity index (χ4n) is 1.17. The van der Waals surface area contributed by atoms with Crippen molar-refractivity contribution in [3.8, 4) is 11.3 Å². The first-order valence-electron chi connectivity index (χ1n) is 4.01. The second-order valence-corrected chi connectivity index (χ2v) is 3.20. The first-order chi connectivity index (χ1) is 7.18. The van der Waals surface area contributed by atoms with Crippen molar-refractivity contribution in [3.05, 3.63) is 46.0 Å². The van der Waals surface area contributed by atoms with Crippen LogP contribution in [0.2, 0.25) is 5.02 Å². The first-order valence-corrected chi connectivity index (χ1v) is 4.39. The maximum atomic E-state index is 10.6. The van der Waals surface area contributed by atoms with Crippen LogP contribution in [0.4, 0.5) is 5.69 Å². The van der Waals surface area contributed by atoms with Crippen LogP contribution >= 0.6 is 11.6 Å². The lowest BCUT2D eigenvalue weighted by molar-refractivity contribution is -0.384. The molecule has 15 heavy (non-hydrogen) atoms. The molecule has 0 saturated carbocycles. The van der Waals surface area contributed by atoms with Gasteiger partial charge in [-0.1, -0.05) is 17.7 Å². The Labute approximate surface area is 89.5 Å². The number of halogens is 1. The topological polar surface area (TPSA) is 69.2 Å². The zero-order valence-electron chi connectivity index (χ0n) is 7.38. The highest BCUT2D eigenvalue weighted by Gasteiger charge is 2.14. The van der Waals surface area contributed by atoms with Gasteiger partial charge in [0.1, 0.15) is 17.0 Å². The van der Waals surface area contributed by atoms with Gasteiger partial charge in [-0.25, -0.2) is 4.98 Å². The molecule has 1 aromatic carbocycles. The van der Waals surface area contributed by atoms with Gasteiger partial charge in [-0.15, -0.1) is 0 Å². The number of oxazole rings is 1. The van der Waals surface area contributed by atoms with Gasteiger partial charge in [0.2, 0.25) is 0 Å². The van der Waals surface area contributed by atoms with E-state index < -0.39 is 4.92 Å². The number of hydrogen-bond acceptors (Lipinski definition) is 4. The molecule has 5 nitrogen and oxygen atoms in total. The molecule has 2 rings (SSSR count). The van der Waals surface area contributed by atoms with E-state index in [4.69, 9.17) is 16.0 Å². The van der Waals surface area contributed by atoms with Crippen LogP contribution in [0.5, 0.6) is 0 Å². The summed E-state index contributed by atoms with van der Waals surface area (Å²) in [6, 6.07) is 4.47. The first kappa shape index (κ1) is 9.67. The SMILES string of the molecule is O=[N+]([O-])c1cc(-c2cocn2)ccc1Cl. The number of nitrogens with zero attached hydrogens (tertiary/aromatic N) is 2. The molecule has 0 atom stereocenters. The molecule has 0 aliphatic heterocycles. The molecule has 0 bridgehead atoms. The average Bonchev–Trinajstić information content (AvgIpc) is 2.71. The third-order valence-corrected chi connectivity index (χ3v) is 2.19. The van der Waals surface area contributed by atoms with Crippen molar-refractivity contribution in [1.29, 1.82) is 0 Å². The normalized spacial score (nSPS) is 10.2. The van der Waals surface area contributed by atoms with E-state index in [1.54, 1.807) is 6.07 Å². The van der Waals surface area contributed by atoms with Gasteiger partial charge in [0.25, 0.3) is 5.69 Å². The minimum Gasteiger partial charge on any atom is -0.451 e. The minimum atomic E-state index is -0.536. The lowest BCUT2D eigenvalue weighted by atomic mass is 10.1. The van der Waals surface area contributed by atoms with Crippen LogP contribution in [0.15, 0.2) is 35.3 Å². The molecule has 0 saturated heterocycles. The number of rotatable bonds is 2. The fourth-order valence-corrected chi connectivity index (χ4v) is 1.35. The van der Waals surface area contributed by atoms with Gasteiger partial charge in [0.05, 0.1) is 4.92 Å². The van der Waals surface area contributed by atoms with Crippen LogP contribution in [-0.2, 0) is 0 Å². The Morgan fingerprint density at radius 3 is 2.87 bits per heavy atom. The van der Waals surface area contributed by atoms with E-state index in [0.29, 0.717) is 11.3 Å². The Morgan fingerprint density at radius 1 is 1.47 bits per heavy atom. The van der Waals surface area contributed by atoms with Gasteiger partial charge in [-0.3, -0.25) is 10.1 Å². The number of nitro benzene ring substituents is 1. The molecule has 0 aliphatic rings. The summed E-state index contributed by atoms with van der Waals surface area (Å²) in [5, 5.41) is 10.7. The van der Waals surface area contributed by atoms with E-state index in [1.165, 1.54) is 24.8 Å². The highest BCUT2D eigenvalue weighted by Crippen LogP contribution is 2.29. The van der Waals surface area contributed by atoms with Crippen molar-refractivity contribution in [2.75, 3.05) is 0 Å². The molecule has 0 fully saturated rings. The van der Waals surface area contributed by atoms with Crippen molar-refractivity contribution in [3.63, 3.8) is 0 Å². The average molecular weight is 225 g/mol. The molecule has 0 N–H and O–H groups in total. The zero-order chi connectivity index (χ0) is 10.8. The third-order valence-electron chi connectivity index (χ3n) is 1.87. The highest BCUT2D eigenvalue weighted by atomic mass is 35.5. The number of hydrogen-bond donors (Lipinski definition) is 0. The van der Waals surface area contributed by atoms with Crippen LogP contribution in [0.1, 0.15) is 0 Å². The molecule has 0 amide bonds. The monoisotopic (exact) mass is 224 g/mol. The Morgan fingerprint density at radius 2 is 2.27 bits per heavy atom. The lowest BCUT2D eigenvalue weighted by Crippen LogP contribution is -1.89. The second-order valence-electron chi connectivity index (χ2n) is 2.80. The van der Waals surface area contributed by atoms with E-state index >= 15 is 0 Å². The summed E-state index contributed by atoms with van der Waals surface area (Å²) in [6.45, 7) is 0. The molecular weight excluding hydrogens is 220 g/mol. The number of benzene rings is 1. The number of aromatic nitrogens is 1. The Hall–Kier alpha value is -1.88. The lowest BCUT2D eigenvalue weighted by Gasteiger charge is -1.97. The standard InChI is InChI=1S/C9H5ClN2O3/c10-7-2-1-6(3-9(7)12(13)14)8-4-15-5-11-8/h1-5H. The third kappa shape index (κ3) is 1.82. The molecule has 2 aromatic rings. The van der Waals surface area contributed by atoms with Crippen LogP contribution in [0.3, 0.4) is 0 Å². The maximum absolute atomic E-state index is 10.6. The summed E-state index contributed by atoms with van der Waals surface area (Å²) in [7, 11) is 0. The Balaban J connectivity index is 2.52. The molecule has 0 radical (unpaired) electrons. The fraction of sp³-hybridized carbons (Fsp3) is 0. The van der Waals surface area contributed by atoms with Crippen molar-refractivity contribution >= 4 is 17.3 Å². The van der Waals surface area contributed by atoms with E-state index in [-0.39, 0.29) is 10.7 Å². The van der Waals surface area contributed by atoms with Gasteiger partial charge < -0.3 is 4.42 Å². The van der Waals surface area contributed by atoms with Crippen LogP contribution in [-0.4, -0.2) is 9.91 Å². The summed E-state index contributed by atoms with van der Waals surface area (Å²) in [6.07, 6.45) is 2.67. The quantitative estimate of drug-likeness (QED) is 0.581. The largest absolute Gasteiger partial charge is 0.451 e. The van der Waals surface area contributed by atoms with Gasteiger partial charge >= 0.3 is 0 Å². The van der Waals surface area contributed by atoms with Crippen molar-refractivity contribution in [2.45, 2.75) is 0 Å². The molecule has 6 heteroatoms. The zero-order valence-corrected chi connectivity index (χ0v) is 8.14. The van der Waals surface area contributed by atoms with Crippen molar-refractivity contribution in [1.82, 2.24) is 4.98 Å². The van der Waals surface area contributed by atoms with E-state index in [1.807, 2.05) is 0 Å². The second kappa shape index (κ2) is 3.70. The van der Waals surface area contributed by atoms with Gasteiger partial charge in [-0.2, -0.15) is 0 Å². The van der Waals surface area contributed by atoms with Crippen molar-refractivity contribution in [2.24, 2.45) is 0 Å². The molecule has 0 spiro atoms. The van der Waals surface area contributed by atoms with Gasteiger partial charge in [-0.05, 0) is 6.07 Å². The van der Waals surface area contributed by atoms with Crippen LogP contribution in [0.25, 0.3) is 11.3 Å². The van der Waals surface area contributed by atoms with Crippen LogP contribution in [0, 0.1) is 10.1 Å². The smallest absolute Gasteiger partial charge is 0.288 e. The van der Waals surface area contributed by atoms with Crippen LogP contribution < -0.4 is 0 Å². The molecule has 76 valence electrons. The van der Waals surface area contributed by atoms with E-state index in [0.717, 1.165) is 0 Å². The summed E-state index contributed by atoms with van der Waals surface area (Å²) < 4.78 is 4.79. The molecule has 0 unspecified atom stereocenters. The molecular formula is C9H5ClN2O3. The summed E-state index contributed by atoms with van der Waals surface area (Å²) >= 11 is 5.67. The van der Waals surface area contributed by atoms with Gasteiger partial charge in [0, 0.05) is 11.6 Å². The van der Waals surface area contributed by atoms with E-state index in [9.17, 15) is 10.1 Å². The summed E-state index contributed by atoms with van der Waals surface area (Å²) in [5.74, 6) is 0. The summed E-state index contributed by atoms with van der Waals surface area (Å²) in [4.78, 5) is 14.0. The molecule has 1 heterocycles. The molecule has 1 aromatic heterocycles. The highest BCUT2D eigenvalue weighted by molar-refractivity contribution is 6.32.